The summed E-state index contributed by atoms with van der Waals surface area (Å²) >= 11 is 0. The Kier molecular flexibility index (Phi) is 4.65. The first-order valence-electron chi connectivity index (χ1n) is 6.94. The van der Waals surface area contributed by atoms with E-state index in [-0.39, 0.29) is 25.0 Å². The highest BCUT2D eigenvalue weighted by molar-refractivity contribution is 6.02. The van der Waals surface area contributed by atoms with E-state index in [0.29, 0.717) is 11.4 Å². The third-order valence-electron chi connectivity index (χ3n) is 3.36. The van der Waals surface area contributed by atoms with Gasteiger partial charge in [-0.1, -0.05) is 26.0 Å². The van der Waals surface area contributed by atoms with E-state index in [4.69, 9.17) is 9.84 Å². The molecule has 1 aliphatic heterocycles. The van der Waals surface area contributed by atoms with Crippen molar-refractivity contribution >= 4 is 23.5 Å². The summed E-state index contributed by atoms with van der Waals surface area (Å²) in [6, 6.07) is 5.91. The molecular weight excluding hydrogens is 288 g/mol. The highest BCUT2D eigenvalue weighted by Crippen LogP contribution is 2.31. The zero-order valence-electron chi connectivity index (χ0n) is 12.4. The Morgan fingerprint density at radius 3 is 2.68 bits per heavy atom. The van der Waals surface area contributed by atoms with Crippen molar-refractivity contribution in [3.8, 4) is 5.75 Å². The number of ether oxygens (including phenoxy) is 1. The minimum atomic E-state index is -1.10. The average molecular weight is 306 g/mol. The van der Waals surface area contributed by atoms with Gasteiger partial charge in [-0.05, 0) is 18.1 Å². The van der Waals surface area contributed by atoms with Crippen LogP contribution in [0.15, 0.2) is 24.3 Å². The van der Waals surface area contributed by atoms with Crippen LogP contribution in [-0.2, 0) is 14.4 Å². The third-order valence-corrected chi connectivity index (χ3v) is 3.36. The standard InChI is InChI=1S/C15H18N2O5/c1-9(2)14(15(20)21)16-12(18)7-17-10-5-3-4-6-11(10)22-8-13(17)19/h3-6,9,14H,7-8H2,1-2H3,(H,16,18)(H,20,21). The Morgan fingerprint density at radius 1 is 1.36 bits per heavy atom. The number of nitrogens with zero attached hydrogens (tertiary/aromatic N) is 1. The van der Waals surface area contributed by atoms with Crippen molar-refractivity contribution < 1.29 is 24.2 Å². The first-order valence-corrected chi connectivity index (χ1v) is 6.94. The van der Waals surface area contributed by atoms with Crippen LogP contribution in [-0.4, -0.2) is 42.1 Å². The van der Waals surface area contributed by atoms with Crippen molar-refractivity contribution in [2.45, 2.75) is 19.9 Å². The number of rotatable bonds is 5. The Labute approximate surface area is 127 Å². The Balaban J connectivity index is 2.11. The number of amides is 2. The van der Waals surface area contributed by atoms with Crippen LogP contribution < -0.4 is 15.0 Å². The first kappa shape index (κ1) is 15.8. The van der Waals surface area contributed by atoms with Gasteiger partial charge >= 0.3 is 5.97 Å². The van der Waals surface area contributed by atoms with Crippen LogP contribution >= 0.6 is 0 Å². The van der Waals surface area contributed by atoms with E-state index in [1.807, 2.05) is 0 Å². The SMILES string of the molecule is CC(C)C(NC(=O)CN1C(=O)COc2ccccc21)C(=O)O. The second-order valence-corrected chi connectivity index (χ2v) is 5.36. The van der Waals surface area contributed by atoms with E-state index in [9.17, 15) is 14.4 Å². The predicted molar refractivity (Wildman–Crippen MR) is 78.7 cm³/mol. The van der Waals surface area contributed by atoms with Gasteiger partial charge in [0.25, 0.3) is 5.91 Å². The van der Waals surface area contributed by atoms with E-state index in [1.165, 1.54) is 4.90 Å². The molecule has 0 radical (unpaired) electrons. The minimum Gasteiger partial charge on any atom is -0.482 e. The number of hydrogen-bond donors (Lipinski definition) is 2. The number of carbonyl (C=O) groups excluding carboxylic acids is 2. The predicted octanol–water partition coefficient (Wildman–Crippen LogP) is 0.637. The maximum atomic E-state index is 12.1. The molecule has 118 valence electrons. The fraction of sp³-hybridized carbons (Fsp3) is 0.400. The van der Waals surface area contributed by atoms with E-state index in [2.05, 4.69) is 5.32 Å². The summed E-state index contributed by atoms with van der Waals surface area (Å²) in [4.78, 5) is 36.4. The van der Waals surface area contributed by atoms with Gasteiger partial charge < -0.3 is 15.2 Å². The van der Waals surface area contributed by atoms with Gasteiger partial charge in [-0.2, -0.15) is 0 Å². The van der Waals surface area contributed by atoms with Crippen molar-refractivity contribution in [2.24, 2.45) is 5.92 Å². The van der Waals surface area contributed by atoms with E-state index >= 15 is 0 Å². The molecule has 2 N–H and O–H groups in total. The summed E-state index contributed by atoms with van der Waals surface area (Å²) in [5, 5.41) is 11.5. The topological polar surface area (TPSA) is 95.9 Å². The van der Waals surface area contributed by atoms with Gasteiger partial charge in [-0.15, -0.1) is 0 Å². The lowest BCUT2D eigenvalue weighted by molar-refractivity contribution is -0.142. The molecule has 1 aromatic rings. The number of carboxylic acid groups (broad SMARTS) is 1. The molecule has 1 unspecified atom stereocenters. The van der Waals surface area contributed by atoms with Crippen molar-refractivity contribution in [1.82, 2.24) is 5.32 Å². The molecule has 0 fully saturated rings. The van der Waals surface area contributed by atoms with Gasteiger partial charge in [0, 0.05) is 0 Å². The first-order chi connectivity index (χ1) is 10.4. The Hall–Kier alpha value is -2.57. The molecule has 0 bridgehead atoms. The highest BCUT2D eigenvalue weighted by atomic mass is 16.5. The number of fused-ring (bicyclic) bond motifs is 1. The molecule has 1 aromatic carbocycles. The monoisotopic (exact) mass is 306 g/mol. The number of carboxylic acids is 1. The summed E-state index contributed by atoms with van der Waals surface area (Å²) in [7, 11) is 0. The molecule has 1 atom stereocenters. The van der Waals surface area contributed by atoms with Gasteiger partial charge in [0.05, 0.1) is 5.69 Å². The maximum Gasteiger partial charge on any atom is 0.326 e. The maximum absolute atomic E-state index is 12.1. The number of aliphatic carboxylic acids is 1. The number of para-hydroxylation sites is 2. The molecule has 7 nitrogen and oxygen atoms in total. The second-order valence-electron chi connectivity index (χ2n) is 5.36. The zero-order chi connectivity index (χ0) is 16.3. The van der Waals surface area contributed by atoms with Crippen LogP contribution in [0.5, 0.6) is 5.75 Å². The van der Waals surface area contributed by atoms with Crippen LogP contribution in [0.3, 0.4) is 0 Å². The van der Waals surface area contributed by atoms with E-state index in [1.54, 1.807) is 38.1 Å². The quantitative estimate of drug-likeness (QED) is 0.832. The average Bonchev–Trinajstić information content (AvgIpc) is 2.47. The highest BCUT2D eigenvalue weighted by Gasteiger charge is 2.29. The molecule has 0 aromatic heterocycles. The Bertz CT molecular complexity index is 599. The van der Waals surface area contributed by atoms with E-state index in [0.717, 1.165) is 0 Å². The molecule has 2 amide bonds. The van der Waals surface area contributed by atoms with Crippen LogP contribution in [0.25, 0.3) is 0 Å². The fourth-order valence-electron chi connectivity index (χ4n) is 2.20. The van der Waals surface area contributed by atoms with Crippen molar-refractivity contribution in [3.05, 3.63) is 24.3 Å². The van der Waals surface area contributed by atoms with Crippen LogP contribution in [0, 0.1) is 5.92 Å². The molecular formula is C15H18N2O5. The molecule has 1 aliphatic rings. The van der Waals surface area contributed by atoms with Crippen LogP contribution in [0.1, 0.15) is 13.8 Å². The van der Waals surface area contributed by atoms with E-state index < -0.39 is 17.9 Å². The third kappa shape index (κ3) is 3.36. The number of benzene rings is 1. The normalized spacial score (nSPS) is 15.0. The van der Waals surface area contributed by atoms with Gasteiger partial charge in [0.15, 0.2) is 6.61 Å². The van der Waals surface area contributed by atoms with Gasteiger partial charge in [0.1, 0.15) is 18.3 Å². The fourth-order valence-corrected chi connectivity index (χ4v) is 2.20. The Morgan fingerprint density at radius 2 is 2.05 bits per heavy atom. The minimum absolute atomic E-state index is 0.142. The molecule has 7 heteroatoms. The van der Waals surface area contributed by atoms with Gasteiger partial charge in [-0.25, -0.2) is 4.79 Å². The molecule has 2 rings (SSSR count). The summed E-state index contributed by atoms with van der Waals surface area (Å²) in [5.41, 5.74) is 0.505. The van der Waals surface area contributed by atoms with Crippen molar-refractivity contribution in [1.29, 1.82) is 0 Å². The molecule has 22 heavy (non-hydrogen) atoms. The number of anilines is 1. The number of hydrogen-bond acceptors (Lipinski definition) is 4. The summed E-state index contributed by atoms with van der Waals surface area (Å²) < 4.78 is 5.29. The lowest BCUT2D eigenvalue weighted by atomic mass is 10.0. The van der Waals surface area contributed by atoms with Gasteiger partial charge in [0.2, 0.25) is 5.91 Å². The zero-order valence-corrected chi connectivity index (χ0v) is 12.4. The largest absolute Gasteiger partial charge is 0.482 e. The molecule has 1 heterocycles. The summed E-state index contributed by atoms with van der Waals surface area (Å²) in [6.07, 6.45) is 0. The van der Waals surface area contributed by atoms with Gasteiger partial charge in [-0.3, -0.25) is 14.5 Å². The smallest absolute Gasteiger partial charge is 0.326 e. The molecule has 0 spiro atoms. The number of carbonyl (C=O) groups is 3. The molecule has 0 aliphatic carbocycles. The number of nitrogens with one attached hydrogen (secondary N) is 1. The van der Waals surface area contributed by atoms with Crippen LogP contribution in [0.2, 0.25) is 0 Å². The summed E-state index contributed by atoms with van der Waals surface area (Å²) in [6.45, 7) is 3.02. The lowest BCUT2D eigenvalue weighted by Crippen LogP contribution is -2.50. The molecule has 0 saturated heterocycles. The van der Waals surface area contributed by atoms with Crippen LogP contribution in [0.4, 0.5) is 5.69 Å². The lowest BCUT2D eigenvalue weighted by Gasteiger charge is -2.29. The second kappa shape index (κ2) is 6.46. The summed E-state index contributed by atoms with van der Waals surface area (Å²) in [5.74, 6) is -1.70. The van der Waals surface area contributed by atoms with Crippen molar-refractivity contribution in [3.63, 3.8) is 0 Å². The molecule has 0 saturated carbocycles. The van der Waals surface area contributed by atoms with Crippen molar-refractivity contribution in [2.75, 3.05) is 18.1 Å².